The Morgan fingerprint density at radius 1 is 1.20 bits per heavy atom. The molecule has 11 heteroatoms. The van der Waals surface area contributed by atoms with Crippen LogP contribution in [0.15, 0.2) is 24.3 Å². The van der Waals surface area contributed by atoms with Crippen molar-refractivity contribution < 1.29 is 23.0 Å². The van der Waals surface area contributed by atoms with E-state index in [1.807, 2.05) is 0 Å². The number of hydrogen-bond acceptors (Lipinski definition) is 6. The van der Waals surface area contributed by atoms with E-state index in [0.717, 1.165) is 25.1 Å². The van der Waals surface area contributed by atoms with Crippen LogP contribution in [0.2, 0.25) is 0 Å². The summed E-state index contributed by atoms with van der Waals surface area (Å²) in [7, 11) is 0. The molecule has 2 rings (SSSR count). The minimum Gasteiger partial charge on any atom is -0.258 e. The first-order valence-corrected chi connectivity index (χ1v) is 6.49. The maximum atomic E-state index is 13.3. The molecule has 1 aromatic heterocycles. The molecule has 0 amide bonds. The van der Waals surface area contributed by atoms with Gasteiger partial charge in [-0.2, -0.15) is 18.4 Å². The average molecular weight is 352 g/mol. The van der Waals surface area contributed by atoms with Crippen LogP contribution in [0.1, 0.15) is 16.8 Å². The van der Waals surface area contributed by atoms with E-state index in [1.165, 1.54) is 12.1 Å². The predicted octanol–water partition coefficient (Wildman–Crippen LogP) is 3.76. The molecule has 8 nitrogen and oxygen atoms in total. The van der Waals surface area contributed by atoms with Crippen molar-refractivity contribution in [3.05, 3.63) is 61.3 Å². The van der Waals surface area contributed by atoms with Gasteiger partial charge in [0, 0.05) is 17.7 Å². The Hall–Kier alpha value is -3.55. The normalized spacial score (nSPS) is 11.0. The molecule has 0 aliphatic rings. The van der Waals surface area contributed by atoms with Crippen LogP contribution in [0.25, 0.3) is 11.3 Å². The first-order valence-electron chi connectivity index (χ1n) is 6.49. The SMILES string of the molecule is Cc1nc(-c2cccc([N+](=O)[O-])c2)c([N+](=O)[O-])c(C(F)(F)F)c1C#N. The topological polar surface area (TPSA) is 123 Å². The van der Waals surface area contributed by atoms with Gasteiger partial charge in [0.2, 0.25) is 0 Å². The lowest BCUT2D eigenvalue weighted by atomic mass is 9.99. The van der Waals surface area contributed by atoms with Crippen LogP contribution in [0.4, 0.5) is 24.5 Å². The van der Waals surface area contributed by atoms with Gasteiger partial charge in [-0.05, 0) is 6.92 Å². The van der Waals surface area contributed by atoms with Crippen LogP contribution < -0.4 is 0 Å². The summed E-state index contributed by atoms with van der Waals surface area (Å²) in [6.45, 7) is 1.10. The fourth-order valence-corrected chi connectivity index (χ4v) is 2.25. The molecule has 1 heterocycles. The number of alkyl halides is 3. The molecule has 0 unspecified atom stereocenters. The predicted molar refractivity (Wildman–Crippen MR) is 77.4 cm³/mol. The Labute approximate surface area is 137 Å². The van der Waals surface area contributed by atoms with Gasteiger partial charge in [-0.1, -0.05) is 12.1 Å². The number of halogens is 3. The second-order valence-electron chi connectivity index (χ2n) is 4.82. The molecule has 0 fully saturated rings. The molecule has 0 saturated heterocycles. The molecule has 0 N–H and O–H groups in total. The Kier molecular flexibility index (Phi) is 4.38. The summed E-state index contributed by atoms with van der Waals surface area (Å²) >= 11 is 0. The highest BCUT2D eigenvalue weighted by atomic mass is 19.4. The van der Waals surface area contributed by atoms with Crippen molar-refractivity contribution in [1.29, 1.82) is 5.26 Å². The first-order chi connectivity index (χ1) is 11.6. The van der Waals surface area contributed by atoms with Gasteiger partial charge in [0.25, 0.3) is 5.69 Å². The third-order valence-corrected chi connectivity index (χ3v) is 3.26. The fourth-order valence-electron chi connectivity index (χ4n) is 2.25. The summed E-state index contributed by atoms with van der Waals surface area (Å²) < 4.78 is 40.0. The Balaban J connectivity index is 2.95. The number of pyridine rings is 1. The lowest BCUT2D eigenvalue weighted by Gasteiger charge is -2.13. The number of aryl methyl sites for hydroxylation is 1. The van der Waals surface area contributed by atoms with E-state index in [0.29, 0.717) is 0 Å². The molecule has 128 valence electrons. The number of nitro groups is 2. The van der Waals surface area contributed by atoms with Crippen LogP contribution in [-0.2, 0) is 6.18 Å². The zero-order valence-corrected chi connectivity index (χ0v) is 12.4. The Morgan fingerprint density at radius 3 is 2.32 bits per heavy atom. The number of hydrogen-bond donors (Lipinski definition) is 0. The summed E-state index contributed by atoms with van der Waals surface area (Å²) in [4.78, 5) is 23.7. The van der Waals surface area contributed by atoms with E-state index < -0.39 is 44.2 Å². The van der Waals surface area contributed by atoms with Crippen LogP contribution in [0.5, 0.6) is 0 Å². The molecule has 0 spiro atoms. The van der Waals surface area contributed by atoms with Crippen LogP contribution in [0.3, 0.4) is 0 Å². The number of benzene rings is 1. The minimum atomic E-state index is -5.18. The molecule has 0 bridgehead atoms. The quantitative estimate of drug-likeness (QED) is 0.612. The summed E-state index contributed by atoms with van der Waals surface area (Å²) in [6, 6.07) is 5.56. The molecule has 0 atom stereocenters. The summed E-state index contributed by atoms with van der Waals surface area (Å²) in [5.41, 5.74) is -5.89. The molecule has 25 heavy (non-hydrogen) atoms. The zero-order chi connectivity index (χ0) is 18.9. The molecule has 0 aliphatic heterocycles. The number of nitriles is 1. The van der Waals surface area contributed by atoms with Crippen molar-refractivity contribution >= 4 is 11.4 Å². The standard InChI is InChI=1S/C14H7F3N4O4/c1-7-10(6-18)11(14(15,16)17)13(21(24)25)12(19-7)8-3-2-4-9(5-8)20(22)23/h2-5H,1H3. The molecule has 1 aromatic carbocycles. The lowest BCUT2D eigenvalue weighted by molar-refractivity contribution is -0.387. The second-order valence-corrected chi connectivity index (χ2v) is 4.82. The van der Waals surface area contributed by atoms with Gasteiger partial charge in [-0.25, -0.2) is 4.98 Å². The van der Waals surface area contributed by atoms with Crippen molar-refractivity contribution in [3.63, 3.8) is 0 Å². The Bertz CT molecular complexity index is 935. The maximum Gasteiger partial charge on any atom is 0.424 e. The molecule has 0 saturated carbocycles. The number of rotatable bonds is 3. The highest BCUT2D eigenvalue weighted by Gasteiger charge is 2.44. The highest BCUT2D eigenvalue weighted by molar-refractivity contribution is 5.76. The van der Waals surface area contributed by atoms with E-state index in [9.17, 15) is 33.4 Å². The molecular weight excluding hydrogens is 345 g/mol. The van der Waals surface area contributed by atoms with Crippen molar-refractivity contribution in [2.24, 2.45) is 0 Å². The van der Waals surface area contributed by atoms with Crippen molar-refractivity contribution in [2.75, 3.05) is 0 Å². The number of nitrogens with zero attached hydrogens (tertiary/aromatic N) is 4. The van der Waals surface area contributed by atoms with Crippen molar-refractivity contribution in [2.45, 2.75) is 13.1 Å². The smallest absolute Gasteiger partial charge is 0.258 e. The molecular formula is C14H7F3N4O4. The number of nitro benzene ring substituents is 1. The van der Waals surface area contributed by atoms with Gasteiger partial charge in [0.15, 0.2) is 5.56 Å². The third-order valence-electron chi connectivity index (χ3n) is 3.26. The van der Waals surface area contributed by atoms with Crippen LogP contribution in [-0.4, -0.2) is 14.8 Å². The Morgan fingerprint density at radius 2 is 1.84 bits per heavy atom. The van der Waals surface area contributed by atoms with Gasteiger partial charge in [-0.15, -0.1) is 0 Å². The minimum absolute atomic E-state index is 0.237. The van der Waals surface area contributed by atoms with Crippen LogP contribution >= 0.6 is 0 Å². The maximum absolute atomic E-state index is 13.3. The van der Waals surface area contributed by atoms with E-state index in [2.05, 4.69) is 4.98 Å². The van der Waals surface area contributed by atoms with Crippen molar-refractivity contribution in [3.8, 4) is 17.3 Å². The average Bonchev–Trinajstić information content (AvgIpc) is 2.52. The summed E-state index contributed by atoms with van der Waals surface area (Å²) in [5, 5.41) is 31.1. The van der Waals surface area contributed by atoms with Gasteiger partial charge >= 0.3 is 11.9 Å². The molecule has 2 aromatic rings. The monoisotopic (exact) mass is 352 g/mol. The summed E-state index contributed by atoms with van der Waals surface area (Å²) in [5.74, 6) is 0. The van der Waals surface area contributed by atoms with Gasteiger partial charge in [0.1, 0.15) is 11.8 Å². The number of non-ortho nitro benzene ring substituents is 1. The van der Waals surface area contributed by atoms with E-state index in [4.69, 9.17) is 5.26 Å². The fraction of sp³-hybridized carbons (Fsp3) is 0.143. The lowest BCUT2D eigenvalue weighted by Crippen LogP contribution is -2.15. The number of aromatic nitrogens is 1. The van der Waals surface area contributed by atoms with Gasteiger partial charge in [0.05, 0.1) is 21.1 Å². The molecule has 0 radical (unpaired) electrons. The third kappa shape index (κ3) is 3.23. The van der Waals surface area contributed by atoms with Gasteiger partial charge in [-0.3, -0.25) is 20.2 Å². The second kappa shape index (κ2) is 6.16. The van der Waals surface area contributed by atoms with Gasteiger partial charge < -0.3 is 0 Å². The van der Waals surface area contributed by atoms with Crippen molar-refractivity contribution in [1.82, 2.24) is 4.98 Å². The highest BCUT2D eigenvalue weighted by Crippen LogP contribution is 2.43. The van der Waals surface area contributed by atoms with Crippen LogP contribution in [0, 0.1) is 38.5 Å². The molecule has 0 aliphatic carbocycles. The zero-order valence-electron chi connectivity index (χ0n) is 12.4. The first kappa shape index (κ1) is 17.8. The van der Waals surface area contributed by atoms with E-state index >= 15 is 0 Å². The largest absolute Gasteiger partial charge is 0.424 e. The van der Waals surface area contributed by atoms with E-state index in [1.54, 1.807) is 0 Å². The van der Waals surface area contributed by atoms with E-state index in [-0.39, 0.29) is 11.3 Å². The summed E-state index contributed by atoms with van der Waals surface area (Å²) in [6.07, 6.45) is -5.18.